The van der Waals surface area contributed by atoms with Gasteiger partial charge < -0.3 is 10.2 Å². The average molecular weight is 662 g/mol. The van der Waals surface area contributed by atoms with Crippen LogP contribution in [0.2, 0.25) is 8.87 Å². The largest absolute Gasteiger partial charge is 0.481 e. The summed E-state index contributed by atoms with van der Waals surface area (Å²) in [6.07, 6.45) is 13.2. The number of hydrogen-bond donors (Lipinski definition) is 2. The van der Waals surface area contributed by atoms with E-state index in [4.69, 9.17) is 10.2 Å². The first-order valence-electron chi connectivity index (χ1n) is 16.1. The molecule has 0 saturated carbocycles. The van der Waals surface area contributed by atoms with Gasteiger partial charge in [0, 0.05) is 0 Å². The molecule has 39 heavy (non-hydrogen) atoms. The van der Waals surface area contributed by atoms with E-state index in [-0.39, 0.29) is 33.0 Å². The molecule has 0 aromatic carbocycles. The number of carbonyl (C=O) groups is 2. The number of carboxylic acid groups (broad SMARTS) is 2. The first-order chi connectivity index (χ1) is 17.9. The van der Waals surface area contributed by atoms with Crippen molar-refractivity contribution in [2.75, 3.05) is 0 Å². The fourth-order valence-electron chi connectivity index (χ4n) is 5.02. The fourth-order valence-corrected chi connectivity index (χ4v) is 9.71. The SMILES string of the molecule is CC(C[CH2][Sn][CH2]CC(C)CC(C)(C)C)CC(C)(C)C.CCCCC(CC)C(=O)O.CCCCC(CC)C(=O)O. The summed E-state index contributed by atoms with van der Waals surface area (Å²) < 4.78 is 3.20. The van der Waals surface area contributed by atoms with Gasteiger partial charge >= 0.3 is 146 Å². The van der Waals surface area contributed by atoms with Crippen molar-refractivity contribution in [1.29, 1.82) is 0 Å². The molecule has 2 radical (unpaired) electrons. The maximum Gasteiger partial charge on any atom is 0.306 e. The molecule has 0 aliphatic heterocycles. The number of carboxylic acids is 2. The van der Waals surface area contributed by atoms with Crippen molar-refractivity contribution in [3.05, 3.63) is 0 Å². The smallest absolute Gasteiger partial charge is 0.306 e. The van der Waals surface area contributed by atoms with Gasteiger partial charge in [0.2, 0.25) is 0 Å². The molecule has 234 valence electrons. The van der Waals surface area contributed by atoms with Crippen LogP contribution in [0.4, 0.5) is 0 Å². The Morgan fingerprint density at radius 2 is 0.923 bits per heavy atom. The van der Waals surface area contributed by atoms with Gasteiger partial charge in [0.15, 0.2) is 0 Å². The molecule has 0 bridgehead atoms. The first-order valence-corrected chi connectivity index (χ1v) is 20.1. The van der Waals surface area contributed by atoms with Crippen LogP contribution < -0.4 is 0 Å². The molecule has 4 unspecified atom stereocenters. The monoisotopic (exact) mass is 662 g/mol. The zero-order valence-corrected chi connectivity index (χ0v) is 31.3. The van der Waals surface area contributed by atoms with E-state index in [0.29, 0.717) is 10.8 Å². The summed E-state index contributed by atoms with van der Waals surface area (Å²) >= 11 is -0.0525. The second kappa shape index (κ2) is 25.4. The van der Waals surface area contributed by atoms with Crippen molar-refractivity contribution < 1.29 is 19.8 Å². The molecule has 0 aromatic rings. The van der Waals surface area contributed by atoms with Crippen LogP contribution in [-0.4, -0.2) is 43.3 Å². The molecule has 5 heteroatoms. The minimum Gasteiger partial charge on any atom is -0.481 e. The van der Waals surface area contributed by atoms with Gasteiger partial charge in [-0.3, -0.25) is 9.59 Å². The Balaban J connectivity index is -0.000000547. The molecule has 4 atom stereocenters. The second-order valence-corrected chi connectivity index (χ2v) is 18.5. The zero-order chi connectivity index (χ0) is 31.1. The maximum absolute atomic E-state index is 10.4. The van der Waals surface area contributed by atoms with Gasteiger partial charge in [-0.2, -0.15) is 0 Å². The molecule has 0 heterocycles. The Bertz CT molecular complexity index is 527. The predicted octanol–water partition coefficient (Wildman–Crippen LogP) is 11.0. The minimum absolute atomic E-state index is 0.0525. The van der Waals surface area contributed by atoms with E-state index in [1.165, 1.54) is 25.7 Å². The summed E-state index contributed by atoms with van der Waals surface area (Å²) in [5.74, 6) is 0.368. The number of aliphatic carboxylic acids is 2. The molecular formula is C34H70O4Sn. The van der Waals surface area contributed by atoms with E-state index in [9.17, 15) is 9.59 Å². The Morgan fingerprint density at radius 1 is 0.615 bits per heavy atom. The van der Waals surface area contributed by atoms with E-state index in [0.717, 1.165) is 63.2 Å². The summed E-state index contributed by atoms with van der Waals surface area (Å²) in [6, 6.07) is 0. The van der Waals surface area contributed by atoms with E-state index >= 15 is 0 Å². The van der Waals surface area contributed by atoms with Crippen LogP contribution in [0.1, 0.15) is 160 Å². The zero-order valence-electron chi connectivity index (χ0n) is 28.4. The minimum atomic E-state index is -0.643. The standard InChI is InChI=1S/2C9H19.2C8H16O2.Sn/c2*1-6-8(2)7-9(3,4)5;2*1-3-5-6-7(4-2)8(9)10;/h2*8H,1,6-7H2,2-5H3;2*7H,3-6H2,1-2H3,(H,9,10);. The van der Waals surface area contributed by atoms with E-state index in [1.54, 1.807) is 8.87 Å². The van der Waals surface area contributed by atoms with Crippen molar-refractivity contribution in [3.63, 3.8) is 0 Å². The molecule has 0 saturated heterocycles. The molecular weight excluding hydrogens is 591 g/mol. The van der Waals surface area contributed by atoms with Crippen molar-refractivity contribution in [1.82, 2.24) is 0 Å². The molecule has 4 nitrogen and oxygen atoms in total. The molecule has 2 N–H and O–H groups in total. The average Bonchev–Trinajstić information content (AvgIpc) is 2.78. The number of unbranched alkanes of at least 4 members (excludes halogenated alkanes) is 2. The van der Waals surface area contributed by atoms with Gasteiger partial charge in [0.1, 0.15) is 0 Å². The maximum atomic E-state index is 10.4. The van der Waals surface area contributed by atoms with Crippen molar-refractivity contribution >= 4 is 33.1 Å². The fraction of sp³-hybridized carbons (Fsp3) is 0.941. The third kappa shape index (κ3) is 33.8. The molecule has 0 amide bonds. The summed E-state index contributed by atoms with van der Waals surface area (Å²) in [5, 5.41) is 17.2. The Morgan fingerprint density at radius 3 is 1.13 bits per heavy atom. The van der Waals surface area contributed by atoms with Gasteiger partial charge in [-0.1, -0.05) is 53.4 Å². The van der Waals surface area contributed by atoms with Gasteiger partial charge in [0.05, 0.1) is 11.8 Å². The summed E-state index contributed by atoms with van der Waals surface area (Å²) in [6.45, 7) is 27.1. The predicted molar refractivity (Wildman–Crippen MR) is 173 cm³/mol. The normalized spacial score (nSPS) is 14.7. The molecule has 0 aliphatic rings. The van der Waals surface area contributed by atoms with Crippen LogP contribution in [0.15, 0.2) is 0 Å². The van der Waals surface area contributed by atoms with E-state index in [2.05, 4.69) is 69.2 Å². The van der Waals surface area contributed by atoms with Gasteiger partial charge in [0.25, 0.3) is 0 Å². The third-order valence-electron chi connectivity index (χ3n) is 7.05. The summed E-state index contributed by atoms with van der Waals surface area (Å²) in [7, 11) is 0. The molecule has 0 spiro atoms. The Hall–Kier alpha value is -0.261. The molecule has 0 aliphatic carbocycles. The van der Waals surface area contributed by atoms with E-state index in [1.807, 2.05) is 13.8 Å². The van der Waals surface area contributed by atoms with Crippen LogP contribution in [0.3, 0.4) is 0 Å². The number of rotatable bonds is 18. The number of hydrogen-bond acceptors (Lipinski definition) is 2. The van der Waals surface area contributed by atoms with Crippen LogP contribution in [0.5, 0.6) is 0 Å². The quantitative estimate of drug-likeness (QED) is 0.113. The van der Waals surface area contributed by atoms with Gasteiger partial charge in [-0.05, 0) is 25.7 Å². The van der Waals surface area contributed by atoms with Crippen molar-refractivity contribution in [2.24, 2.45) is 34.5 Å². The molecule has 0 rings (SSSR count). The Kier molecular flexibility index (Phi) is 28.2. The second-order valence-electron chi connectivity index (χ2n) is 14.2. The van der Waals surface area contributed by atoms with Gasteiger partial charge in [-0.25, -0.2) is 0 Å². The summed E-state index contributed by atoms with van der Waals surface area (Å²) in [4.78, 5) is 20.9. The first kappa shape index (κ1) is 43.2. The van der Waals surface area contributed by atoms with Crippen LogP contribution >= 0.6 is 0 Å². The summed E-state index contributed by atoms with van der Waals surface area (Å²) in [5.41, 5.74) is 1.04. The van der Waals surface area contributed by atoms with Crippen LogP contribution in [0.25, 0.3) is 0 Å². The van der Waals surface area contributed by atoms with Crippen LogP contribution in [0, 0.1) is 34.5 Å². The van der Waals surface area contributed by atoms with Crippen LogP contribution in [-0.2, 0) is 9.59 Å². The van der Waals surface area contributed by atoms with Gasteiger partial charge in [-0.15, -0.1) is 0 Å². The Labute approximate surface area is 255 Å². The third-order valence-corrected chi connectivity index (χ3v) is 10.7. The van der Waals surface area contributed by atoms with Crippen molar-refractivity contribution in [3.8, 4) is 0 Å². The topological polar surface area (TPSA) is 74.6 Å². The molecule has 0 fully saturated rings. The molecule has 0 aromatic heterocycles. The van der Waals surface area contributed by atoms with Crippen molar-refractivity contribution in [2.45, 2.75) is 169 Å². The van der Waals surface area contributed by atoms with E-state index < -0.39 is 11.9 Å².